The van der Waals surface area contributed by atoms with E-state index in [4.69, 9.17) is 4.99 Å². The summed E-state index contributed by atoms with van der Waals surface area (Å²) in [6.45, 7) is 22.8. The molecule has 0 saturated carbocycles. The lowest BCUT2D eigenvalue weighted by molar-refractivity contribution is 0.949. The molecule has 2 rings (SSSR count). The van der Waals surface area contributed by atoms with Gasteiger partial charge in [0.05, 0.1) is 5.70 Å². The molecule has 1 aromatic rings. The highest BCUT2D eigenvalue weighted by molar-refractivity contribution is 6.01. The number of rotatable bonds is 7. The highest BCUT2D eigenvalue weighted by atomic mass is 15.1. The lowest BCUT2D eigenvalue weighted by Crippen LogP contribution is -2.17. The molecule has 1 heterocycles. The quantitative estimate of drug-likeness (QED) is 0.313. The molecule has 1 aliphatic rings. The highest BCUT2D eigenvalue weighted by Gasteiger charge is 2.12. The van der Waals surface area contributed by atoms with E-state index in [2.05, 4.69) is 81.2 Å². The van der Waals surface area contributed by atoms with Crippen molar-refractivity contribution in [2.75, 3.05) is 18.0 Å². The second-order valence-corrected chi connectivity index (χ2v) is 6.68. The van der Waals surface area contributed by atoms with Crippen molar-refractivity contribution in [3.05, 3.63) is 59.7 Å². The van der Waals surface area contributed by atoms with Gasteiger partial charge in [0.1, 0.15) is 0 Å². The molecule has 0 atom stereocenters. The van der Waals surface area contributed by atoms with E-state index in [0.29, 0.717) is 0 Å². The van der Waals surface area contributed by atoms with Crippen molar-refractivity contribution >= 4 is 17.1 Å². The first-order valence-corrected chi connectivity index (χ1v) is 12.6. The van der Waals surface area contributed by atoms with E-state index in [1.54, 1.807) is 0 Å². The first kappa shape index (κ1) is 31.1. The van der Waals surface area contributed by atoms with Gasteiger partial charge in [-0.05, 0) is 63.3 Å². The molecule has 2 heteroatoms. The fourth-order valence-electron chi connectivity index (χ4n) is 2.98. The molecule has 2 nitrogen and oxygen atoms in total. The Hall–Kier alpha value is -2.09. The zero-order valence-corrected chi connectivity index (χ0v) is 22.3. The molecule has 0 aliphatic carbocycles. The summed E-state index contributed by atoms with van der Waals surface area (Å²) in [4.78, 5) is 7.31. The summed E-state index contributed by atoms with van der Waals surface area (Å²) in [6, 6.07) is 8.84. The van der Waals surface area contributed by atoms with Crippen LogP contribution < -0.4 is 4.90 Å². The molecule has 31 heavy (non-hydrogen) atoms. The van der Waals surface area contributed by atoms with Crippen molar-refractivity contribution in [3.8, 4) is 0 Å². The van der Waals surface area contributed by atoms with E-state index in [1.165, 1.54) is 49.2 Å². The van der Waals surface area contributed by atoms with Crippen LogP contribution in [0, 0.1) is 0 Å². The van der Waals surface area contributed by atoms with Crippen LogP contribution in [0.1, 0.15) is 100 Å². The van der Waals surface area contributed by atoms with Gasteiger partial charge in [-0.15, -0.1) is 0 Å². The second-order valence-electron chi connectivity index (χ2n) is 6.68. The van der Waals surface area contributed by atoms with Gasteiger partial charge in [-0.1, -0.05) is 91.3 Å². The molecular weight excluding hydrogens is 376 g/mol. The molecule has 1 aromatic carbocycles. The molecular formula is C29H50N2. The van der Waals surface area contributed by atoms with Crippen molar-refractivity contribution in [3.63, 3.8) is 0 Å². The molecule has 1 fully saturated rings. The Morgan fingerprint density at radius 2 is 1.48 bits per heavy atom. The average Bonchev–Trinajstić information content (AvgIpc) is 3.39. The van der Waals surface area contributed by atoms with Crippen molar-refractivity contribution in [1.82, 2.24) is 0 Å². The molecule has 0 unspecified atom stereocenters. The molecule has 1 aliphatic heterocycles. The van der Waals surface area contributed by atoms with Crippen LogP contribution in [-0.4, -0.2) is 18.8 Å². The molecule has 1 saturated heterocycles. The summed E-state index contributed by atoms with van der Waals surface area (Å²) >= 11 is 0. The van der Waals surface area contributed by atoms with Crippen LogP contribution in [0.25, 0.3) is 5.70 Å². The first-order valence-electron chi connectivity index (χ1n) is 12.6. The Balaban J connectivity index is 0. The fourth-order valence-corrected chi connectivity index (χ4v) is 2.98. The SMILES string of the molecule is CC.CC.CC.C\C=C(/N=C(C)/C(C)=C\C=C/CCC)c1ccc(N2CCCC2)cc1. The van der Waals surface area contributed by atoms with Crippen molar-refractivity contribution in [1.29, 1.82) is 0 Å². The van der Waals surface area contributed by atoms with Gasteiger partial charge in [-0.3, -0.25) is 4.99 Å². The van der Waals surface area contributed by atoms with Gasteiger partial charge in [-0.2, -0.15) is 0 Å². The van der Waals surface area contributed by atoms with Gasteiger partial charge in [0, 0.05) is 24.5 Å². The molecule has 176 valence electrons. The normalized spacial score (nSPS) is 14.3. The van der Waals surface area contributed by atoms with Gasteiger partial charge in [0.15, 0.2) is 0 Å². The highest BCUT2D eigenvalue weighted by Crippen LogP contribution is 2.24. The first-order chi connectivity index (χ1) is 15.2. The Morgan fingerprint density at radius 3 is 1.97 bits per heavy atom. The summed E-state index contributed by atoms with van der Waals surface area (Å²) < 4.78 is 0. The Labute approximate surface area is 194 Å². The third-order valence-electron chi connectivity index (χ3n) is 4.70. The second kappa shape index (κ2) is 21.2. The third kappa shape index (κ3) is 12.4. The number of allylic oxidation sites excluding steroid dienone is 5. The minimum absolute atomic E-state index is 1.04. The predicted molar refractivity (Wildman–Crippen MR) is 146 cm³/mol. The Morgan fingerprint density at radius 1 is 0.935 bits per heavy atom. The number of hydrogen-bond acceptors (Lipinski definition) is 2. The lowest BCUT2D eigenvalue weighted by Gasteiger charge is -2.17. The number of benzene rings is 1. The van der Waals surface area contributed by atoms with E-state index < -0.39 is 0 Å². The van der Waals surface area contributed by atoms with E-state index in [-0.39, 0.29) is 0 Å². The maximum absolute atomic E-state index is 4.85. The van der Waals surface area contributed by atoms with Gasteiger partial charge >= 0.3 is 0 Å². The molecule has 0 spiro atoms. The lowest BCUT2D eigenvalue weighted by atomic mass is 10.1. The van der Waals surface area contributed by atoms with E-state index in [0.717, 1.165) is 17.8 Å². The fraction of sp³-hybridized carbons (Fsp3) is 0.552. The number of aliphatic imine (C=N–C) groups is 1. The molecule has 0 bridgehead atoms. The smallest absolute Gasteiger partial charge is 0.0662 e. The largest absolute Gasteiger partial charge is 0.372 e. The molecule has 0 aromatic heterocycles. The number of nitrogens with zero attached hydrogens (tertiary/aromatic N) is 2. The summed E-state index contributed by atoms with van der Waals surface area (Å²) in [6.07, 6.45) is 13.5. The van der Waals surface area contributed by atoms with Crippen molar-refractivity contribution < 1.29 is 0 Å². The summed E-state index contributed by atoms with van der Waals surface area (Å²) in [7, 11) is 0. The summed E-state index contributed by atoms with van der Waals surface area (Å²) in [5.41, 5.74) is 5.82. The van der Waals surface area contributed by atoms with Gasteiger partial charge in [-0.25, -0.2) is 0 Å². The Kier molecular flexibility index (Phi) is 21.2. The number of hydrogen-bond donors (Lipinski definition) is 0. The topological polar surface area (TPSA) is 15.6 Å². The minimum atomic E-state index is 1.04. The zero-order chi connectivity index (χ0) is 24.1. The van der Waals surface area contributed by atoms with Crippen LogP contribution in [-0.2, 0) is 0 Å². The van der Waals surface area contributed by atoms with Crippen LogP contribution in [0.4, 0.5) is 5.69 Å². The maximum Gasteiger partial charge on any atom is 0.0662 e. The van der Waals surface area contributed by atoms with E-state index >= 15 is 0 Å². The van der Waals surface area contributed by atoms with Gasteiger partial charge in [0.2, 0.25) is 0 Å². The summed E-state index contributed by atoms with van der Waals surface area (Å²) in [5, 5.41) is 0. The van der Waals surface area contributed by atoms with Crippen LogP contribution in [0.2, 0.25) is 0 Å². The van der Waals surface area contributed by atoms with E-state index in [9.17, 15) is 0 Å². The molecule has 0 radical (unpaired) electrons. The van der Waals surface area contributed by atoms with Gasteiger partial charge in [0.25, 0.3) is 0 Å². The standard InChI is InChI=1S/C23H32N2.3C2H6/c1-5-7-8-9-12-19(3)20(4)24-23(6-2)21-13-15-22(16-14-21)25-17-10-11-18-25;3*1-2/h6,8-9,12-16H,5,7,10-11,17-18H2,1-4H3;3*1-2H3/b9-8-,19-12-,23-6-,24-20+;;;. The monoisotopic (exact) mass is 426 g/mol. The van der Waals surface area contributed by atoms with E-state index in [1.807, 2.05) is 41.5 Å². The molecule has 0 N–H and O–H groups in total. The van der Waals surface area contributed by atoms with Crippen molar-refractivity contribution in [2.24, 2.45) is 4.99 Å². The predicted octanol–water partition coefficient (Wildman–Crippen LogP) is 9.49. The van der Waals surface area contributed by atoms with Gasteiger partial charge < -0.3 is 4.90 Å². The van der Waals surface area contributed by atoms with Crippen molar-refractivity contribution in [2.45, 2.75) is 94.9 Å². The third-order valence-corrected chi connectivity index (χ3v) is 4.70. The number of unbranched alkanes of at least 4 members (excludes halogenated alkanes) is 1. The summed E-state index contributed by atoms with van der Waals surface area (Å²) in [5.74, 6) is 0. The molecule has 0 amide bonds. The average molecular weight is 427 g/mol. The van der Waals surface area contributed by atoms with Crippen LogP contribution in [0.5, 0.6) is 0 Å². The van der Waals surface area contributed by atoms with Crippen LogP contribution >= 0.6 is 0 Å². The number of anilines is 1. The minimum Gasteiger partial charge on any atom is -0.372 e. The zero-order valence-electron chi connectivity index (χ0n) is 22.3. The Bertz CT molecular complexity index is 654. The van der Waals surface area contributed by atoms with Crippen LogP contribution in [0.3, 0.4) is 0 Å². The maximum atomic E-state index is 4.85. The van der Waals surface area contributed by atoms with Crippen LogP contribution in [0.15, 0.2) is 59.1 Å².